The number of hydrogen-bond donors (Lipinski definition) is 1. The van der Waals surface area contributed by atoms with Gasteiger partial charge in [-0.05, 0) is 6.07 Å². The van der Waals surface area contributed by atoms with Gasteiger partial charge >= 0.3 is 0 Å². The van der Waals surface area contributed by atoms with Gasteiger partial charge in [0.15, 0.2) is 0 Å². The van der Waals surface area contributed by atoms with Crippen molar-refractivity contribution in [3.05, 3.63) is 42.6 Å². The van der Waals surface area contributed by atoms with E-state index < -0.39 is 0 Å². The van der Waals surface area contributed by atoms with Crippen LogP contribution in [0.15, 0.2) is 42.6 Å². The molecule has 2 aromatic carbocycles. The third kappa shape index (κ3) is 2.40. The Balaban J connectivity index is 2.44. The summed E-state index contributed by atoms with van der Waals surface area (Å²) in [5.41, 5.74) is 2.04. The van der Waals surface area contributed by atoms with Crippen molar-refractivity contribution in [2.45, 2.75) is 6.92 Å². The molecule has 0 saturated heterocycles. The molecule has 0 aliphatic rings. The number of benzene rings is 2. The monoisotopic (exact) mass is 311 g/mol. The molecule has 1 aromatic heterocycles. The Labute approximate surface area is 133 Å². The normalized spacial score (nSPS) is 10.7. The van der Waals surface area contributed by atoms with Crippen LogP contribution >= 0.6 is 0 Å². The van der Waals surface area contributed by atoms with Crippen molar-refractivity contribution in [2.75, 3.05) is 14.2 Å². The fraction of sp³-hybridized carbons (Fsp3) is 0.167. The van der Waals surface area contributed by atoms with Gasteiger partial charge in [0.2, 0.25) is 5.91 Å². The number of methoxy groups -OCH3 is 2. The number of fused-ring (bicyclic) bond motifs is 1. The molecule has 0 amide bonds. The molecule has 0 fully saturated rings. The average Bonchev–Trinajstić information content (AvgIpc) is 2.94. The maximum atomic E-state index is 12.0. The maximum Gasteiger partial charge on any atom is 0.227 e. The lowest BCUT2D eigenvalue weighted by Gasteiger charge is -2.09. The Morgan fingerprint density at radius 3 is 2.43 bits per heavy atom. The molecule has 5 heteroatoms. The number of phenols is 1. The largest absolute Gasteiger partial charge is 0.507 e. The van der Waals surface area contributed by atoms with Gasteiger partial charge in [-0.25, -0.2) is 0 Å². The third-order valence-electron chi connectivity index (χ3n) is 3.83. The van der Waals surface area contributed by atoms with Crippen LogP contribution in [0.4, 0.5) is 0 Å². The molecule has 0 radical (unpaired) electrons. The molecule has 0 saturated carbocycles. The smallest absolute Gasteiger partial charge is 0.227 e. The molecule has 23 heavy (non-hydrogen) atoms. The molecule has 5 nitrogen and oxygen atoms in total. The first-order valence-electron chi connectivity index (χ1n) is 7.13. The first-order chi connectivity index (χ1) is 11.1. The van der Waals surface area contributed by atoms with Crippen molar-refractivity contribution < 1.29 is 19.4 Å². The minimum Gasteiger partial charge on any atom is -0.507 e. The molecule has 1 heterocycles. The van der Waals surface area contributed by atoms with Gasteiger partial charge in [-0.1, -0.05) is 18.2 Å². The standard InChI is InChI=1S/C18H17NO4/c1-11(20)19-10-14(13-6-4-5-7-16(13)21)18-15(19)8-12(22-2)9-17(18)23-3/h4-10,21H,1-3H3. The Kier molecular flexibility index (Phi) is 3.70. The van der Waals surface area contributed by atoms with Crippen LogP contribution in [0.2, 0.25) is 0 Å². The topological polar surface area (TPSA) is 60.7 Å². The van der Waals surface area contributed by atoms with Gasteiger partial charge in [0.1, 0.15) is 17.2 Å². The highest BCUT2D eigenvalue weighted by molar-refractivity contribution is 6.06. The number of hydrogen-bond acceptors (Lipinski definition) is 4. The van der Waals surface area contributed by atoms with Gasteiger partial charge in [-0.3, -0.25) is 9.36 Å². The number of carbonyl (C=O) groups is 1. The van der Waals surface area contributed by atoms with Crippen LogP contribution in [-0.2, 0) is 0 Å². The molecule has 0 aliphatic carbocycles. The van der Waals surface area contributed by atoms with E-state index in [2.05, 4.69) is 0 Å². The molecular formula is C18H17NO4. The Morgan fingerprint density at radius 1 is 1.09 bits per heavy atom. The molecule has 0 bridgehead atoms. The number of carbonyl (C=O) groups excluding carboxylic acids is 1. The zero-order valence-electron chi connectivity index (χ0n) is 13.2. The van der Waals surface area contributed by atoms with Crippen LogP contribution in [0, 0.1) is 0 Å². The van der Waals surface area contributed by atoms with E-state index in [4.69, 9.17) is 9.47 Å². The van der Waals surface area contributed by atoms with Gasteiger partial charge in [0, 0.05) is 36.4 Å². The van der Waals surface area contributed by atoms with E-state index in [1.165, 1.54) is 11.5 Å². The van der Waals surface area contributed by atoms with Crippen LogP contribution in [0.25, 0.3) is 22.0 Å². The molecule has 3 aromatic rings. The van der Waals surface area contributed by atoms with Crippen molar-refractivity contribution in [3.8, 4) is 28.4 Å². The predicted molar refractivity (Wildman–Crippen MR) is 88.4 cm³/mol. The lowest BCUT2D eigenvalue weighted by molar-refractivity contribution is 0.0941. The average molecular weight is 311 g/mol. The van der Waals surface area contributed by atoms with Crippen LogP contribution in [0.1, 0.15) is 11.7 Å². The number of para-hydroxylation sites is 1. The van der Waals surface area contributed by atoms with Crippen LogP contribution in [0.5, 0.6) is 17.2 Å². The fourth-order valence-corrected chi connectivity index (χ4v) is 2.75. The number of phenolic OH excluding ortho intramolecular Hbond substituents is 1. The van der Waals surface area contributed by atoms with Gasteiger partial charge in [-0.15, -0.1) is 0 Å². The highest BCUT2D eigenvalue weighted by Crippen LogP contribution is 2.42. The highest BCUT2D eigenvalue weighted by Gasteiger charge is 2.19. The van der Waals surface area contributed by atoms with Crippen molar-refractivity contribution in [3.63, 3.8) is 0 Å². The number of aromatic hydroxyl groups is 1. The Bertz CT molecular complexity index is 895. The van der Waals surface area contributed by atoms with Crippen molar-refractivity contribution >= 4 is 16.8 Å². The zero-order valence-corrected chi connectivity index (χ0v) is 13.2. The molecule has 118 valence electrons. The van der Waals surface area contributed by atoms with Crippen molar-refractivity contribution in [1.82, 2.24) is 4.57 Å². The van der Waals surface area contributed by atoms with Crippen molar-refractivity contribution in [2.24, 2.45) is 0 Å². The van der Waals surface area contributed by atoms with E-state index in [-0.39, 0.29) is 11.7 Å². The first-order valence-corrected chi connectivity index (χ1v) is 7.13. The van der Waals surface area contributed by atoms with Crippen LogP contribution in [0.3, 0.4) is 0 Å². The predicted octanol–water partition coefficient (Wildman–Crippen LogP) is 3.69. The van der Waals surface area contributed by atoms with E-state index >= 15 is 0 Å². The summed E-state index contributed by atoms with van der Waals surface area (Å²) in [4.78, 5) is 12.0. The lowest BCUT2D eigenvalue weighted by atomic mass is 10.0. The first kappa shape index (κ1) is 15.0. The van der Waals surface area contributed by atoms with Crippen molar-refractivity contribution in [1.29, 1.82) is 0 Å². The van der Waals surface area contributed by atoms with Gasteiger partial charge < -0.3 is 14.6 Å². The lowest BCUT2D eigenvalue weighted by Crippen LogP contribution is -2.03. The summed E-state index contributed by atoms with van der Waals surface area (Å²) in [6.45, 7) is 1.49. The minimum absolute atomic E-state index is 0.132. The summed E-state index contributed by atoms with van der Waals surface area (Å²) in [5, 5.41) is 10.9. The minimum atomic E-state index is -0.132. The molecule has 0 spiro atoms. The number of rotatable bonds is 3. The summed E-state index contributed by atoms with van der Waals surface area (Å²) in [7, 11) is 3.12. The van der Waals surface area contributed by atoms with Gasteiger partial charge in [0.05, 0.1) is 25.1 Å². The van der Waals surface area contributed by atoms with E-state index in [0.717, 1.165) is 10.9 Å². The zero-order chi connectivity index (χ0) is 16.6. The second kappa shape index (κ2) is 5.68. The van der Waals surface area contributed by atoms with E-state index in [1.54, 1.807) is 50.7 Å². The summed E-state index contributed by atoms with van der Waals surface area (Å²) in [5.74, 6) is 1.19. The second-order valence-electron chi connectivity index (χ2n) is 5.17. The maximum absolute atomic E-state index is 12.0. The quantitative estimate of drug-likeness (QED) is 0.801. The van der Waals surface area contributed by atoms with Crippen LogP contribution in [-0.4, -0.2) is 29.8 Å². The Morgan fingerprint density at radius 2 is 1.83 bits per heavy atom. The van der Waals surface area contributed by atoms with Gasteiger partial charge in [-0.2, -0.15) is 0 Å². The number of aromatic nitrogens is 1. The second-order valence-corrected chi connectivity index (χ2v) is 5.17. The van der Waals surface area contributed by atoms with Crippen LogP contribution < -0.4 is 9.47 Å². The van der Waals surface area contributed by atoms with Gasteiger partial charge in [0.25, 0.3) is 0 Å². The number of nitrogens with zero attached hydrogens (tertiary/aromatic N) is 1. The van der Waals surface area contributed by atoms with E-state index in [9.17, 15) is 9.90 Å². The van der Waals surface area contributed by atoms with E-state index in [1.807, 2.05) is 6.07 Å². The molecule has 0 atom stereocenters. The number of ether oxygens (including phenoxy) is 2. The SMILES string of the molecule is COc1cc(OC)c2c(-c3ccccc3O)cn(C(C)=O)c2c1. The Hall–Kier alpha value is -2.95. The van der Waals surface area contributed by atoms with E-state index in [0.29, 0.717) is 22.6 Å². The molecule has 1 N–H and O–H groups in total. The highest BCUT2D eigenvalue weighted by atomic mass is 16.5. The third-order valence-corrected chi connectivity index (χ3v) is 3.83. The molecule has 3 rings (SSSR count). The summed E-state index contributed by atoms with van der Waals surface area (Å²) < 4.78 is 12.3. The summed E-state index contributed by atoms with van der Waals surface area (Å²) in [6.07, 6.45) is 1.71. The molecule has 0 aliphatic heterocycles. The summed E-state index contributed by atoms with van der Waals surface area (Å²) in [6, 6.07) is 10.5. The molecule has 0 unspecified atom stereocenters. The fourth-order valence-electron chi connectivity index (χ4n) is 2.75. The summed E-state index contributed by atoms with van der Waals surface area (Å²) >= 11 is 0. The molecular weight excluding hydrogens is 294 g/mol.